The van der Waals surface area contributed by atoms with E-state index in [1.54, 1.807) is 0 Å². The molecule has 0 saturated heterocycles. The summed E-state index contributed by atoms with van der Waals surface area (Å²) in [5, 5.41) is 5.88. The number of aromatic nitrogens is 1. The quantitative estimate of drug-likeness (QED) is 0.902. The number of anilines is 1. The van der Waals surface area contributed by atoms with Crippen LogP contribution in [0.15, 0.2) is 24.3 Å². The lowest BCUT2D eigenvalue weighted by atomic mass is 10.0. The van der Waals surface area contributed by atoms with Gasteiger partial charge < -0.3 is 10.2 Å². The molecule has 0 amide bonds. The average molecular weight is 249 g/mol. The number of nitrogens with one attached hydrogen (secondary N) is 1. The van der Waals surface area contributed by atoms with Crippen molar-refractivity contribution in [1.29, 1.82) is 0 Å². The van der Waals surface area contributed by atoms with Gasteiger partial charge in [-0.05, 0) is 51.6 Å². The van der Waals surface area contributed by atoms with Crippen LogP contribution in [0.25, 0.3) is 10.9 Å². The van der Waals surface area contributed by atoms with Gasteiger partial charge in [-0.15, -0.1) is 0 Å². The maximum atomic E-state index is 4.43. The number of hydrogen-bond acceptors (Lipinski definition) is 4. The van der Waals surface area contributed by atoms with Gasteiger partial charge in [0.25, 0.3) is 0 Å². The molecule has 2 rings (SSSR count). The first kappa shape index (κ1) is 12.3. The summed E-state index contributed by atoms with van der Waals surface area (Å²) >= 11 is 1.54. The van der Waals surface area contributed by atoms with E-state index in [9.17, 15) is 0 Å². The van der Waals surface area contributed by atoms with E-state index in [0.717, 1.165) is 17.1 Å². The van der Waals surface area contributed by atoms with Crippen molar-refractivity contribution >= 4 is 27.4 Å². The fraction of sp³-hybridized carbons (Fsp3) is 0.462. The van der Waals surface area contributed by atoms with Gasteiger partial charge in [0, 0.05) is 17.5 Å². The highest BCUT2D eigenvalue weighted by atomic mass is 32.1. The molecule has 0 bridgehead atoms. The molecule has 1 aromatic heterocycles. The Hall–Kier alpha value is -1.13. The normalized spacial score (nSPS) is 12.3. The Bertz CT molecular complexity index is 502. The Morgan fingerprint density at radius 2 is 2.00 bits per heavy atom. The Balaban J connectivity index is 2.14. The first-order valence-corrected chi connectivity index (χ1v) is 6.54. The van der Waals surface area contributed by atoms with Crippen LogP contribution >= 0.6 is 11.5 Å². The van der Waals surface area contributed by atoms with Crippen molar-refractivity contribution in [3.63, 3.8) is 0 Å². The van der Waals surface area contributed by atoms with Crippen LogP contribution in [0, 0.1) is 0 Å². The highest BCUT2D eigenvalue weighted by Gasteiger charge is 2.20. The van der Waals surface area contributed by atoms with E-state index in [1.807, 2.05) is 12.1 Å². The van der Waals surface area contributed by atoms with Crippen LogP contribution in [-0.2, 0) is 0 Å². The van der Waals surface area contributed by atoms with Gasteiger partial charge in [-0.2, -0.15) is 4.37 Å². The predicted octanol–water partition coefficient (Wildman–Crippen LogP) is 3.05. The zero-order valence-electron chi connectivity index (χ0n) is 10.8. The molecule has 3 nitrogen and oxygen atoms in total. The number of nitrogens with zero attached hydrogens (tertiary/aromatic N) is 2. The van der Waals surface area contributed by atoms with Crippen molar-refractivity contribution in [2.75, 3.05) is 26.0 Å². The summed E-state index contributed by atoms with van der Waals surface area (Å²) in [7, 11) is 4.21. The third-order valence-corrected chi connectivity index (χ3v) is 4.11. The fourth-order valence-corrected chi connectivity index (χ4v) is 2.23. The second kappa shape index (κ2) is 4.63. The first-order valence-electron chi connectivity index (χ1n) is 5.76. The molecule has 4 heteroatoms. The third-order valence-electron chi connectivity index (χ3n) is 3.28. The van der Waals surface area contributed by atoms with E-state index < -0.39 is 0 Å². The molecule has 92 valence electrons. The maximum absolute atomic E-state index is 4.43. The largest absolute Gasteiger partial charge is 0.373 e. The molecule has 1 aromatic carbocycles. The lowest BCUT2D eigenvalue weighted by Crippen LogP contribution is -2.44. The van der Waals surface area contributed by atoms with Crippen LogP contribution in [0.2, 0.25) is 0 Å². The summed E-state index contributed by atoms with van der Waals surface area (Å²) in [5.41, 5.74) is 1.20. The van der Waals surface area contributed by atoms with Crippen molar-refractivity contribution in [2.45, 2.75) is 19.4 Å². The Morgan fingerprint density at radius 3 is 2.71 bits per heavy atom. The number of likely N-dealkylation sites (N-methyl/N-ethyl adjacent to an activating group) is 1. The number of fused-ring (bicyclic) bond motifs is 1. The van der Waals surface area contributed by atoms with Crippen molar-refractivity contribution < 1.29 is 0 Å². The van der Waals surface area contributed by atoms with Crippen LogP contribution < -0.4 is 5.32 Å². The van der Waals surface area contributed by atoms with Gasteiger partial charge in [-0.3, -0.25) is 0 Å². The van der Waals surface area contributed by atoms with Gasteiger partial charge >= 0.3 is 0 Å². The van der Waals surface area contributed by atoms with Crippen molar-refractivity contribution in [1.82, 2.24) is 9.27 Å². The lowest BCUT2D eigenvalue weighted by Gasteiger charge is -2.32. The van der Waals surface area contributed by atoms with E-state index in [2.05, 4.69) is 54.7 Å². The smallest absolute Gasteiger partial charge is 0.117 e. The average Bonchev–Trinajstić information content (AvgIpc) is 2.69. The summed E-state index contributed by atoms with van der Waals surface area (Å²) in [5.74, 6) is 0. The molecule has 2 aromatic rings. The molecule has 0 fully saturated rings. The maximum Gasteiger partial charge on any atom is 0.117 e. The summed E-state index contributed by atoms with van der Waals surface area (Å²) in [6.45, 7) is 5.36. The Morgan fingerprint density at radius 1 is 1.29 bits per heavy atom. The second-order valence-electron chi connectivity index (χ2n) is 5.09. The molecule has 0 aliphatic rings. The molecule has 1 N–H and O–H groups in total. The number of benzene rings is 1. The standard InChI is InChI=1S/C13H19N3S/c1-13(2,16(3)4)9-14-12-10-7-5-6-8-11(10)15-17-12/h5-8,14H,9H2,1-4H3. The van der Waals surface area contributed by atoms with Gasteiger partial charge in [0.1, 0.15) is 5.00 Å². The summed E-state index contributed by atoms with van der Waals surface area (Å²) < 4.78 is 4.43. The number of rotatable bonds is 4. The van der Waals surface area contributed by atoms with Crippen molar-refractivity contribution in [3.8, 4) is 0 Å². The van der Waals surface area contributed by atoms with E-state index in [-0.39, 0.29) is 5.54 Å². The highest BCUT2D eigenvalue weighted by molar-refractivity contribution is 7.11. The molecule has 0 radical (unpaired) electrons. The molecule has 17 heavy (non-hydrogen) atoms. The summed E-state index contributed by atoms with van der Waals surface area (Å²) in [4.78, 5) is 2.23. The highest BCUT2D eigenvalue weighted by Crippen LogP contribution is 2.27. The van der Waals surface area contributed by atoms with Crippen LogP contribution in [0.5, 0.6) is 0 Å². The van der Waals surface area contributed by atoms with Crippen LogP contribution in [0.4, 0.5) is 5.00 Å². The van der Waals surface area contributed by atoms with Crippen LogP contribution in [-0.4, -0.2) is 35.5 Å². The fourth-order valence-electron chi connectivity index (χ4n) is 1.47. The zero-order valence-corrected chi connectivity index (χ0v) is 11.6. The lowest BCUT2D eigenvalue weighted by molar-refractivity contribution is 0.210. The third kappa shape index (κ3) is 2.58. The minimum absolute atomic E-state index is 0.130. The minimum atomic E-state index is 0.130. The summed E-state index contributed by atoms with van der Waals surface area (Å²) in [6, 6.07) is 8.24. The van der Waals surface area contributed by atoms with Crippen molar-refractivity contribution in [2.24, 2.45) is 0 Å². The van der Waals surface area contributed by atoms with Gasteiger partial charge in [0.15, 0.2) is 0 Å². The topological polar surface area (TPSA) is 28.2 Å². The predicted molar refractivity (Wildman–Crippen MR) is 75.9 cm³/mol. The Kier molecular flexibility index (Phi) is 3.35. The molecule has 0 aliphatic carbocycles. The first-order chi connectivity index (χ1) is 8.00. The van der Waals surface area contributed by atoms with Gasteiger partial charge in [0.05, 0.1) is 5.52 Å². The minimum Gasteiger partial charge on any atom is -0.373 e. The van der Waals surface area contributed by atoms with E-state index >= 15 is 0 Å². The zero-order chi connectivity index (χ0) is 12.5. The van der Waals surface area contributed by atoms with E-state index in [1.165, 1.54) is 16.9 Å². The van der Waals surface area contributed by atoms with E-state index in [0.29, 0.717) is 0 Å². The molecule has 0 spiro atoms. The Labute approximate surface area is 107 Å². The SMILES string of the molecule is CN(C)C(C)(C)CNc1snc2ccccc12. The van der Waals surface area contributed by atoms with Crippen LogP contribution in [0.1, 0.15) is 13.8 Å². The molecular weight excluding hydrogens is 230 g/mol. The van der Waals surface area contributed by atoms with E-state index in [4.69, 9.17) is 0 Å². The molecule has 0 saturated carbocycles. The number of hydrogen-bond donors (Lipinski definition) is 1. The molecule has 0 aliphatic heterocycles. The van der Waals surface area contributed by atoms with Gasteiger partial charge in [-0.1, -0.05) is 12.1 Å². The van der Waals surface area contributed by atoms with Crippen molar-refractivity contribution in [3.05, 3.63) is 24.3 Å². The van der Waals surface area contributed by atoms with Gasteiger partial charge in [-0.25, -0.2) is 0 Å². The van der Waals surface area contributed by atoms with Gasteiger partial charge in [0.2, 0.25) is 0 Å². The molecule has 0 atom stereocenters. The monoisotopic (exact) mass is 249 g/mol. The van der Waals surface area contributed by atoms with Crippen LogP contribution in [0.3, 0.4) is 0 Å². The summed E-state index contributed by atoms with van der Waals surface area (Å²) in [6.07, 6.45) is 0. The molecule has 1 heterocycles. The molecular formula is C13H19N3S. The second-order valence-corrected chi connectivity index (χ2v) is 5.86. The molecule has 0 unspecified atom stereocenters.